The molecule has 0 amide bonds. The lowest BCUT2D eigenvalue weighted by molar-refractivity contribution is 0.0854. The molecule has 2 unspecified atom stereocenters. The molecule has 0 saturated carbocycles. The van der Waals surface area contributed by atoms with E-state index in [0.29, 0.717) is 25.0 Å². The van der Waals surface area contributed by atoms with Crippen LogP contribution in [0.1, 0.15) is 43.2 Å². The summed E-state index contributed by atoms with van der Waals surface area (Å²) in [5.41, 5.74) is 4.01. The zero-order valence-corrected chi connectivity index (χ0v) is 16.4. The van der Waals surface area contributed by atoms with Gasteiger partial charge in [0.1, 0.15) is 0 Å². The number of hydrogen-bond acceptors (Lipinski definition) is 4. The Morgan fingerprint density at radius 2 is 2.19 bits per heavy atom. The molecule has 0 spiro atoms. The normalized spacial score (nSPS) is 26.2. The first kappa shape index (κ1) is 18.0. The SMILES string of the molecule is CCCCS(=O)(=O)OCC1CC2c3cccc4[nH]cc(c34)C[C@H]2N(C)C1. The molecule has 1 fully saturated rings. The molecule has 2 heterocycles. The summed E-state index contributed by atoms with van der Waals surface area (Å²) in [5.74, 6) is 0.811. The maximum absolute atomic E-state index is 12.0. The van der Waals surface area contributed by atoms with E-state index < -0.39 is 10.1 Å². The Hall–Kier alpha value is -1.37. The fraction of sp³-hybridized carbons (Fsp3) is 0.600. The van der Waals surface area contributed by atoms with E-state index in [1.165, 1.54) is 22.0 Å². The molecule has 4 rings (SSSR count). The van der Waals surface area contributed by atoms with Gasteiger partial charge in [-0.3, -0.25) is 4.18 Å². The molecule has 1 saturated heterocycles. The minimum atomic E-state index is -3.39. The van der Waals surface area contributed by atoms with Crippen molar-refractivity contribution >= 4 is 21.0 Å². The predicted molar refractivity (Wildman–Crippen MR) is 104 cm³/mol. The van der Waals surface area contributed by atoms with Gasteiger partial charge in [0.15, 0.2) is 0 Å². The number of rotatable bonds is 6. The second kappa shape index (κ2) is 6.98. The van der Waals surface area contributed by atoms with Crippen LogP contribution in [0.4, 0.5) is 0 Å². The number of aromatic amines is 1. The first-order valence-corrected chi connectivity index (χ1v) is 11.2. The Bertz CT molecular complexity index is 890. The van der Waals surface area contributed by atoms with Gasteiger partial charge in [-0.1, -0.05) is 25.5 Å². The first-order valence-electron chi connectivity index (χ1n) is 9.64. The van der Waals surface area contributed by atoms with Crippen molar-refractivity contribution < 1.29 is 12.6 Å². The second-order valence-corrected chi connectivity index (χ2v) is 9.66. The Balaban J connectivity index is 1.52. The Morgan fingerprint density at radius 1 is 1.35 bits per heavy atom. The molecule has 3 atom stereocenters. The van der Waals surface area contributed by atoms with Crippen LogP contribution in [-0.2, 0) is 20.7 Å². The zero-order valence-electron chi connectivity index (χ0n) is 15.6. The molecule has 1 aromatic heterocycles. The average molecular weight is 377 g/mol. The molecule has 2 aromatic rings. The molecule has 1 N–H and O–H groups in total. The first-order chi connectivity index (χ1) is 12.5. The summed E-state index contributed by atoms with van der Waals surface area (Å²) in [7, 11) is -1.23. The van der Waals surface area contributed by atoms with E-state index in [1.807, 2.05) is 6.92 Å². The van der Waals surface area contributed by atoms with Crippen LogP contribution in [0.15, 0.2) is 24.4 Å². The highest BCUT2D eigenvalue weighted by molar-refractivity contribution is 7.86. The minimum Gasteiger partial charge on any atom is -0.361 e. The smallest absolute Gasteiger partial charge is 0.267 e. The lowest BCUT2D eigenvalue weighted by Gasteiger charge is -2.45. The number of hydrogen-bond donors (Lipinski definition) is 1. The van der Waals surface area contributed by atoms with Gasteiger partial charge < -0.3 is 9.88 Å². The molecule has 5 nitrogen and oxygen atoms in total. The van der Waals surface area contributed by atoms with Crippen LogP contribution in [0.2, 0.25) is 0 Å². The molecular weight excluding hydrogens is 348 g/mol. The molecule has 2 aliphatic rings. The summed E-state index contributed by atoms with van der Waals surface area (Å²) < 4.78 is 29.4. The third-order valence-corrected chi connectivity index (χ3v) is 7.33. The van der Waals surface area contributed by atoms with Gasteiger partial charge in [0, 0.05) is 35.6 Å². The number of nitrogens with one attached hydrogen (secondary N) is 1. The Kier molecular flexibility index (Phi) is 4.84. The van der Waals surface area contributed by atoms with Crippen molar-refractivity contribution in [2.75, 3.05) is 26.0 Å². The van der Waals surface area contributed by atoms with E-state index in [1.54, 1.807) is 0 Å². The van der Waals surface area contributed by atoms with Crippen LogP contribution in [0.3, 0.4) is 0 Å². The summed E-state index contributed by atoms with van der Waals surface area (Å²) >= 11 is 0. The number of unbranched alkanes of at least 4 members (excludes halogenated alkanes) is 1. The van der Waals surface area contributed by atoms with Crippen LogP contribution in [0, 0.1) is 5.92 Å². The maximum Gasteiger partial charge on any atom is 0.267 e. The van der Waals surface area contributed by atoms with Crippen molar-refractivity contribution in [3.05, 3.63) is 35.5 Å². The van der Waals surface area contributed by atoms with E-state index in [9.17, 15) is 8.42 Å². The summed E-state index contributed by atoms with van der Waals surface area (Å²) in [4.78, 5) is 5.80. The van der Waals surface area contributed by atoms with Gasteiger partial charge in [0.05, 0.1) is 12.4 Å². The molecule has 6 heteroatoms. The van der Waals surface area contributed by atoms with Crippen molar-refractivity contribution in [1.82, 2.24) is 9.88 Å². The molecule has 0 bridgehead atoms. The lowest BCUT2D eigenvalue weighted by Crippen LogP contribution is -2.48. The summed E-state index contributed by atoms with van der Waals surface area (Å²) in [5, 5.41) is 1.37. The second-order valence-electron chi connectivity index (χ2n) is 7.90. The van der Waals surface area contributed by atoms with Gasteiger partial charge in [-0.2, -0.15) is 8.42 Å². The van der Waals surface area contributed by atoms with Gasteiger partial charge in [-0.15, -0.1) is 0 Å². The highest BCUT2D eigenvalue weighted by Crippen LogP contribution is 2.44. The summed E-state index contributed by atoms with van der Waals surface area (Å²) in [6.45, 7) is 3.18. The van der Waals surface area contributed by atoms with Crippen molar-refractivity contribution in [3.63, 3.8) is 0 Å². The largest absolute Gasteiger partial charge is 0.361 e. The molecule has 1 aliphatic carbocycles. The number of nitrogens with zero attached hydrogens (tertiary/aromatic N) is 1. The Labute approximate surface area is 155 Å². The van der Waals surface area contributed by atoms with E-state index in [-0.39, 0.29) is 11.7 Å². The van der Waals surface area contributed by atoms with Gasteiger partial charge in [-0.05, 0) is 49.4 Å². The summed E-state index contributed by atoms with van der Waals surface area (Å²) in [6, 6.07) is 6.98. The number of aromatic nitrogens is 1. The van der Waals surface area contributed by atoms with E-state index >= 15 is 0 Å². The van der Waals surface area contributed by atoms with Crippen molar-refractivity contribution in [2.24, 2.45) is 5.92 Å². The third-order valence-electron chi connectivity index (χ3n) is 6.04. The standard InChI is InChI=1S/C20H28N2O3S/c1-3-4-8-26(23,24)25-13-14-9-17-16-6-5-7-18-20(16)15(11-21-18)10-19(17)22(2)12-14/h5-7,11,14,17,19,21H,3-4,8-10,12-13H2,1-2H3/t14?,17?,19-/m1/s1. The van der Waals surface area contributed by atoms with Crippen LogP contribution >= 0.6 is 0 Å². The van der Waals surface area contributed by atoms with Crippen molar-refractivity contribution in [1.29, 1.82) is 0 Å². The topological polar surface area (TPSA) is 62.4 Å². The maximum atomic E-state index is 12.0. The number of likely N-dealkylation sites (tertiary alicyclic amines) is 1. The Morgan fingerprint density at radius 3 is 3.00 bits per heavy atom. The molecule has 0 radical (unpaired) electrons. The van der Waals surface area contributed by atoms with E-state index in [0.717, 1.165) is 25.8 Å². The number of piperidine rings is 1. The van der Waals surface area contributed by atoms with Crippen molar-refractivity contribution in [3.8, 4) is 0 Å². The number of benzene rings is 1. The predicted octanol–water partition coefficient (Wildman–Crippen LogP) is 3.27. The molecular formula is C20H28N2O3S. The van der Waals surface area contributed by atoms with Crippen LogP contribution in [0.25, 0.3) is 10.9 Å². The van der Waals surface area contributed by atoms with Crippen LogP contribution in [0.5, 0.6) is 0 Å². The number of likely N-dealkylation sites (N-methyl/N-ethyl adjacent to an activating group) is 1. The average Bonchev–Trinajstić information content (AvgIpc) is 3.04. The highest BCUT2D eigenvalue weighted by atomic mass is 32.2. The monoisotopic (exact) mass is 376 g/mol. The molecule has 1 aromatic carbocycles. The highest BCUT2D eigenvalue weighted by Gasteiger charge is 2.39. The molecule has 26 heavy (non-hydrogen) atoms. The number of H-pyrrole nitrogens is 1. The van der Waals surface area contributed by atoms with E-state index in [4.69, 9.17) is 4.18 Å². The summed E-state index contributed by atoms with van der Waals surface area (Å²) in [6.07, 6.45) is 5.72. The van der Waals surface area contributed by atoms with Gasteiger partial charge in [-0.25, -0.2) is 0 Å². The minimum absolute atomic E-state index is 0.129. The third kappa shape index (κ3) is 3.30. The quantitative estimate of drug-likeness (QED) is 0.786. The fourth-order valence-electron chi connectivity index (χ4n) is 4.75. The van der Waals surface area contributed by atoms with Crippen LogP contribution < -0.4 is 0 Å². The van der Waals surface area contributed by atoms with Gasteiger partial charge in [0.2, 0.25) is 0 Å². The molecule has 142 valence electrons. The van der Waals surface area contributed by atoms with Gasteiger partial charge >= 0.3 is 0 Å². The lowest BCUT2D eigenvalue weighted by atomic mass is 9.72. The van der Waals surface area contributed by atoms with Gasteiger partial charge in [0.25, 0.3) is 10.1 Å². The van der Waals surface area contributed by atoms with E-state index in [2.05, 4.69) is 41.3 Å². The number of fused-ring (bicyclic) bond motifs is 2. The fourth-order valence-corrected chi connectivity index (χ4v) is 5.91. The van der Waals surface area contributed by atoms with Crippen LogP contribution in [-0.4, -0.2) is 50.3 Å². The zero-order chi connectivity index (χ0) is 18.3. The van der Waals surface area contributed by atoms with Crippen molar-refractivity contribution in [2.45, 2.75) is 44.6 Å². The molecule has 1 aliphatic heterocycles.